The normalized spacial score (nSPS) is 20.1. The molecule has 1 aromatic carbocycles. The minimum Gasteiger partial charge on any atom is -0.322 e. The van der Waals surface area contributed by atoms with Crippen molar-refractivity contribution in [3.8, 4) is 0 Å². The average Bonchev–Trinajstić information content (AvgIpc) is 2.98. The number of urea groups is 1. The van der Waals surface area contributed by atoms with Crippen LogP contribution in [0, 0.1) is 0 Å². The molecule has 5 nitrogen and oxygen atoms in total. The predicted molar refractivity (Wildman–Crippen MR) is 105 cm³/mol. The summed E-state index contributed by atoms with van der Waals surface area (Å²) in [6.07, 6.45) is 9.92. The van der Waals surface area contributed by atoms with Gasteiger partial charge >= 0.3 is 6.03 Å². The third kappa shape index (κ3) is 3.83. The molecule has 26 heavy (non-hydrogen) atoms. The average molecular weight is 352 g/mol. The van der Waals surface area contributed by atoms with E-state index in [1.54, 1.807) is 6.20 Å². The Morgan fingerprint density at radius 3 is 2.46 bits per heavy atom. The summed E-state index contributed by atoms with van der Waals surface area (Å²) in [5.74, 6) is 0. The molecule has 1 saturated carbocycles. The van der Waals surface area contributed by atoms with Crippen LogP contribution in [0.2, 0.25) is 0 Å². The number of rotatable bonds is 2. The number of pyridine rings is 1. The van der Waals surface area contributed by atoms with Crippen LogP contribution >= 0.6 is 0 Å². The van der Waals surface area contributed by atoms with E-state index in [1.165, 1.54) is 38.5 Å². The third-order valence-corrected chi connectivity index (χ3v) is 5.82. The molecule has 1 aromatic heterocycles. The number of para-hydroxylation sites is 1. The molecule has 4 rings (SSSR count). The molecular weight excluding hydrogens is 324 g/mol. The van der Waals surface area contributed by atoms with Crippen LogP contribution in [-0.2, 0) is 0 Å². The summed E-state index contributed by atoms with van der Waals surface area (Å²) < 4.78 is 0. The highest BCUT2D eigenvalue weighted by Gasteiger charge is 2.26. The number of piperazine rings is 1. The quantitative estimate of drug-likeness (QED) is 0.828. The van der Waals surface area contributed by atoms with Crippen molar-refractivity contribution in [3.63, 3.8) is 0 Å². The van der Waals surface area contributed by atoms with Crippen molar-refractivity contribution < 1.29 is 4.79 Å². The van der Waals surface area contributed by atoms with Gasteiger partial charge in [-0.3, -0.25) is 9.88 Å². The Morgan fingerprint density at radius 1 is 0.962 bits per heavy atom. The monoisotopic (exact) mass is 352 g/mol. The second kappa shape index (κ2) is 8.04. The lowest BCUT2D eigenvalue weighted by atomic mass is 10.1. The molecule has 2 amide bonds. The van der Waals surface area contributed by atoms with Crippen molar-refractivity contribution in [2.24, 2.45) is 0 Å². The van der Waals surface area contributed by atoms with Gasteiger partial charge in [-0.05, 0) is 25.0 Å². The Balaban J connectivity index is 1.36. The van der Waals surface area contributed by atoms with Crippen LogP contribution in [-0.4, -0.2) is 53.0 Å². The van der Waals surface area contributed by atoms with Gasteiger partial charge in [0, 0.05) is 43.8 Å². The number of carbonyl (C=O) groups excluding carboxylic acids is 1. The SMILES string of the molecule is O=C(Nc1cccc2cccnc12)N1CCN(C2CCCCCC2)CC1. The number of fused-ring (bicyclic) bond motifs is 1. The van der Waals surface area contributed by atoms with Gasteiger partial charge in [0.05, 0.1) is 11.2 Å². The van der Waals surface area contributed by atoms with E-state index in [0.717, 1.165) is 48.8 Å². The van der Waals surface area contributed by atoms with Crippen molar-refractivity contribution in [2.75, 3.05) is 31.5 Å². The zero-order valence-electron chi connectivity index (χ0n) is 15.4. The molecule has 0 atom stereocenters. The van der Waals surface area contributed by atoms with Gasteiger partial charge < -0.3 is 10.2 Å². The van der Waals surface area contributed by atoms with Crippen LogP contribution in [0.4, 0.5) is 10.5 Å². The lowest BCUT2D eigenvalue weighted by Crippen LogP contribution is -2.52. The molecule has 138 valence electrons. The molecule has 2 aliphatic rings. The number of hydrogen-bond acceptors (Lipinski definition) is 3. The molecule has 5 heteroatoms. The molecule has 2 heterocycles. The first-order valence-corrected chi connectivity index (χ1v) is 9.95. The number of carbonyl (C=O) groups is 1. The Hall–Kier alpha value is -2.14. The van der Waals surface area contributed by atoms with Gasteiger partial charge in [0.2, 0.25) is 0 Å². The van der Waals surface area contributed by atoms with Gasteiger partial charge in [0.15, 0.2) is 0 Å². The lowest BCUT2D eigenvalue weighted by Gasteiger charge is -2.39. The summed E-state index contributed by atoms with van der Waals surface area (Å²) in [5, 5.41) is 4.11. The van der Waals surface area contributed by atoms with E-state index in [0.29, 0.717) is 0 Å². The first-order valence-electron chi connectivity index (χ1n) is 9.95. The first kappa shape index (κ1) is 17.3. The van der Waals surface area contributed by atoms with Crippen LogP contribution < -0.4 is 5.32 Å². The van der Waals surface area contributed by atoms with E-state index >= 15 is 0 Å². The maximum Gasteiger partial charge on any atom is 0.321 e. The van der Waals surface area contributed by atoms with Crippen LogP contribution in [0.3, 0.4) is 0 Å². The zero-order valence-corrected chi connectivity index (χ0v) is 15.4. The summed E-state index contributed by atoms with van der Waals surface area (Å²) >= 11 is 0. The number of aromatic nitrogens is 1. The number of benzene rings is 1. The summed E-state index contributed by atoms with van der Waals surface area (Å²) in [5.41, 5.74) is 1.64. The van der Waals surface area contributed by atoms with E-state index in [2.05, 4.69) is 15.2 Å². The number of nitrogens with one attached hydrogen (secondary N) is 1. The van der Waals surface area contributed by atoms with Crippen molar-refractivity contribution in [2.45, 2.75) is 44.6 Å². The lowest BCUT2D eigenvalue weighted by molar-refractivity contribution is 0.105. The van der Waals surface area contributed by atoms with E-state index < -0.39 is 0 Å². The summed E-state index contributed by atoms with van der Waals surface area (Å²) in [4.78, 5) is 21.7. The second-order valence-electron chi connectivity index (χ2n) is 7.48. The van der Waals surface area contributed by atoms with Crippen molar-refractivity contribution in [1.29, 1.82) is 0 Å². The molecule has 1 saturated heterocycles. The Kier molecular flexibility index (Phi) is 5.34. The van der Waals surface area contributed by atoms with Gasteiger partial charge in [0.25, 0.3) is 0 Å². The van der Waals surface area contributed by atoms with E-state index in [4.69, 9.17) is 0 Å². The highest BCUT2D eigenvalue weighted by atomic mass is 16.2. The van der Waals surface area contributed by atoms with Crippen molar-refractivity contribution in [1.82, 2.24) is 14.8 Å². The topological polar surface area (TPSA) is 48.5 Å². The molecule has 0 bridgehead atoms. The van der Waals surface area contributed by atoms with E-state index in [9.17, 15) is 4.79 Å². The highest BCUT2D eigenvalue weighted by molar-refractivity contribution is 5.99. The minimum atomic E-state index is -0.0105. The zero-order chi connectivity index (χ0) is 17.8. The molecule has 0 unspecified atom stereocenters. The van der Waals surface area contributed by atoms with Crippen LogP contribution in [0.25, 0.3) is 10.9 Å². The fourth-order valence-electron chi connectivity index (χ4n) is 4.31. The van der Waals surface area contributed by atoms with Gasteiger partial charge in [-0.2, -0.15) is 0 Å². The van der Waals surface area contributed by atoms with Crippen LogP contribution in [0.5, 0.6) is 0 Å². The molecular formula is C21H28N4O. The standard InChI is InChI=1S/C21H28N4O/c26-21(23-19-11-5-7-17-8-6-12-22-20(17)19)25-15-13-24(14-16-25)18-9-3-1-2-4-10-18/h5-8,11-12,18H,1-4,9-10,13-16H2,(H,23,26). The number of nitrogens with zero attached hydrogens (tertiary/aromatic N) is 3. The Labute approximate surface area is 155 Å². The molecule has 1 aliphatic carbocycles. The Bertz CT molecular complexity index is 741. The fraction of sp³-hybridized carbons (Fsp3) is 0.524. The summed E-state index contributed by atoms with van der Waals surface area (Å²) in [6.45, 7) is 3.60. The largest absolute Gasteiger partial charge is 0.322 e. The smallest absolute Gasteiger partial charge is 0.321 e. The van der Waals surface area contributed by atoms with Gasteiger partial charge in [-0.1, -0.05) is 43.9 Å². The summed E-state index contributed by atoms with van der Waals surface area (Å²) in [7, 11) is 0. The predicted octanol–water partition coefficient (Wildman–Crippen LogP) is 4.11. The fourth-order valence-corrected chi connectivity index (χ4v) is 4.31. The van der Waals surface area contributed by atoms with Crippen LogP contribution in [0.15, 0.2) is 36.5 Å². The molecule has 0 spiro atoms. The van der Waals surface area contributed by atoms with E-state index in [1.807, 2.05) is 35.2 Å². The highest BCUT2D eigenvalue weighted by Crippen LogP contribution is 2.24. The Morgan fingerprint density at radius 2 is 1.69 bits per heavy atom. The molecule has 2 aromatic rings. The number of anilines is 1. The maximum atomic E-state index is 12.7. The number of amides is 2. The molecule has 2 fully saturated rings. The van der Waals surface area contributed by atoms with Crippen LogP contribution in [0.1, 0.15) is 38.5 Å². The van der Waals surface area contributed by atoms with Gasteiger partial charge in [-0.25, -0.2) is 4.79 Å². The van der Waals surface area contributed by atoms with Crippen molar-refractivity contribution in [3.05, 3.63) is 36.5 Å². The maximum absolute atomic E-state index is 12.7. The minimum absolute atomic E-state index is 0.0105. The summed E-state index contributed by atoms with van der Waals surface area (Å²) in [6, 6.07) is 10.6. The number of hydrogen-bond donors (Lipinski definition) is 1. The molecule has 1 aliphatic heterocycles. The van der Waals surface area contributed by atoms with E-state index in [-0.39, 0.29) is 6.03 Å². The second-order valence-corrected chi connectivity index (χ2v) is 7.48. The molecule has 1 N–H and O–H groups in total. The molecule has 0 radical (unpaired) electrons. The van der Waals surface area contributed by atoms with Gasteiger partial charge in [-0.15, -0.1) is 0 Å². The third-order valence-electron chi connectivity index (χ3n) is 5.82. The first-order chi connectivity index (χ1) is 12.8. The van der Waals surface area contributed by atoms with Gasteiger partial charge in [0.1, 0.15) is 0 Å². The van der Waals surface area contributed by atoms with Crippen molar-refractivity contribution >= 4 is 22.6 Å².